The Kier molecular flexibility index (Phi) is 4.56. The predicted octanol–water partition coefficient (Wildman–Crippen LogP) is 3.53. The van der Waals surface area contributed by atoms with Gasteiger partial charge in [-0.1, -0.05) is 23.7 Å². The molecule has 0 radical (unpaired) electrons. The van der Waals surface area contributed by atoms with Crippen LogP contribution in [0.5, 0.6) is 0 Å². The standard InChI is InChI=1S/C13H18ClNS/c14-12-5-1-3-10(7-12)13(8-15)11-4-2-6-16-9-11/h1,3,5,7,11,13H,2,4,6,8-9,15H2. The fourth-order valence-corrected chi connectivity index (χ4v) is 3.86. The summed E-state index contributed by atoms with van der Waals surface area (Å²) < 4.78 is 0. The van der Waals surface area contributed by atoms with E-state index in [0.717, 1.165) is 17.5 Å². The van der Waals surface area contributed by atoms with Gasteiger partial charge in [-0.2, -0.15) is 11.8 Å². The number of nitrogens with two attached hydrogens (primary N) is 1. The Hall–Kier alpha value is -0.180. The van der Waals surface area contributed by atoms with Crippen molar-refractivity contribution in [1.82, 2.24) is 0 Å². The quantitative estimate of drug-likeness (QED) is 0.894. The van der Waals surface area contributed by atoms with Crippen LogP contribution in [0.2, 0.25) is 5.02 Å². The Labute approximate surface area is 107 Å². The van der Waals surface area contributed by atoms with Crippen molar-refractivity contribution in [3.05, 3.63) is 34.9 Å². The maximum atomic E-state index is 6.04. The van der Waals surface area contributed by atoms with Gasteiger partial charge in [-0.05, 0) is 60.4 Å². The average Bonchev–Trinajstić information content (AvgIpc) is 2.31. The molecule has 2 N–H and O–H groups in total. The van der Waals surface area contributed by atoms with E-state index in [-0.39, 0.29) is 0 Å². The second-order valence-electron chi connectivity index (χ2n) is 4.37. The third kappa shape index (κ3) is 2.93. The van der Waals surface area contributed by atoms with E-state index in [1.165, 1.54) is 29.9 Å². The summed E-state index contributed by atoms with van der Waals surface area (Å²) in [6.07, 6.45) is 2.63. The third-order valence-electron chi connectivity index (χ3n) is 3.30. The second kappa shape index (κ2) is 5.95. The largest absolute Gasteiger partial charge is 0.330 e. The Balaban J connectivity index is 2.14. The highest BCUT2D eigenvalue weighted by Crippen LogP contribution is 2.34. The molecule has 16 heavy (non-hydrogen) atoms. The van der Waals surface area contributed by atoms with Crippen molar-refractivity contribution in [3.63, 3.8) is 0 Å². The van der Waals surface area contributed by atoms with Crippen LogP contribution in [0.4, 0.5) is 0 Å². The molecule has 1 saturated heterocycles. The molecule has 1 fully saturated rings. The monoisotopic (exact) mass is 255 g/mol. The molecular weight excluding hydrogens is 238 g/mol. The van der Waals surface area contributed by atoms with Gasteiger partial charge in [-0.25, -0.2) is 0 Å². The number of thioether (sulfide) groups is 1. The van der Waals surface area contributed by atoms with Crippen LogP contribution >= 0.6 is 23.4 Å². The van der Waals surface area contributed by atoms with E-state index in [1.807, 2.05) is 12.1 Å². The van der Waals surface area contributed by atoms with Gasteiger partial charge in [0.1, 0.15) is 0 Å². The highest BCUT2D eigenvalue weighted by molar-refractivity contribution is 7.99. The summed E-state index contributed by atoms with van der Waals surface area (Å²) in [7, 11) is 0. The van der Waals surface area contributed by atoms with Gasteiger partial charge in [0.2, 0.25) is 0 Å². The topological polar surface area (TPSA) is 26.0 Å². The fourth-order valence-electron chi connectivity index (χ4n) is 2.42. The maximum absolute atomic E-state index is 6.04. The summed E-state index contributed by atoms with van der Waals surface area (Å²) in [4.78, 5) is 0. The molecule has 2 atom stereocenters. The van der Waals surface area contributed by atoms with Crippen LogP contribution in [0.3, 0.4) is 0 Å². The zero-order valence-electron chi connectivity index (χ0n) is 9.36. The third-order valence-corrected chi connectivity index (χ3v) is 4.77. The summed E-state index contributed by atoms with van der Waals surface area (Å²) in [6.45, 7) is 0.728. The van der Waals surface area contributed by atoms with Gasteiger partial charge in [0.15, 0.2) is 0 Å². The molecule has 0 amide bonds. The lowest BCUT2D eigenvalue weighted by atomic mass is 9.84. The van der Waals surface area contributed by atoms with E-state index < -0.39 is 0 Å². The summed E-state index contributed by atoms with van der Waals surface area (Å²) in [5, 5.41) is 0.819. The maximum Gasteiger partial charge on any atom is 0.0408 e. The Morgan fingerprint density at radius 3 is 3.00 bits per heavy atom. The molecule has 2 rings (SSSR count). The van der Waals surface area contributed by atoms with Crippen molar-refractivity contribution in [3.8, 4) is 0 Å². The van der Waals surface area contributed by atoms with Crippen LogP contribution in [0.1, 0.15) is 24.3 Å². The number of halogens is 1. The highest BCUT2D eigenvalue weighted by Gasteiger charge is 2.24. The van der Waals surface area contributed by atoms with Crippen LogP contribution in [-0.2, 0) is 0 Å². The van der Waals surface area contributed by atoms with E-state index in [0.29, 0.717) is 5.92 Å². The second-order valence-corrected chi connectivity index (χ2v) is 5.96. The molecule has 0 aliphatic carbocycles. The van der Waals surface area contributed by atoms with E-state index >= 15 is 0 Å². The van der Waals surface area contributed by atoms with Crippen molar-refractivity contribution >= 4 is 23.4 Å². The molecule has 2 unspecified atom stereocenters. The molecule has 1 aliphatic heterocycles. The zero-order valence-corrected chi connectivity index (χ0v) is 10.9. The zero-order chi connectivity index (χ0) is 11.4. The summed E-state index contributed by atoms with van der Waals surface area (Å²) in [5.74, 6) is 3.76. The van der Waals surface area contributed by atoms with Crippen molar-refractivity contribution in [2.45, 2.75) is 18.8 Å². The molecule has 0 aromatic heterocycles. The van der Waals surface area contributed by atoms with Gasteiger partial charge < -0.3 is 5.73 Å². The minimum absolute atomic E-state index is 0.478. The minimum Gasteiger partial charge on any atom is -0.330 e. The Morgan fingerprint density at radius 1 is 1.50 bits per heavy atom. The fraction of sp³-hybridized carbons (Fsp3) is 0.538. The molecule has 1 aliphatic rings. The lowest BCUT2D eigenvalue weighted by Gasteiger charge is -2.29. The van der Waals surface area contributed by atoms with E-state index in [2.05, 4.69) is 23.9 Å². The molecule has 0 saturated carbocycles. The SMILES string of the molecule is NCC(c1cccc(Cl)c1)C1CCCSC1. The molecule has 1 aromatic carbocycles. The molecule has 1 nitrogen and oxygen atoms in total. The summed E-state index contributed by atoms with van der Waals surface area (Å²) in [6, 6.07) is 8.17. The van der Waals surface area contributed by atoms with Crippen molar-refractivity contribution < 1.29 is 0 Å². The Morgan fingerprint density at radius 2 is 2.38 bits per heavy atom. The first kappa shape index (κ1) is 12.3. The lowest BCUT2D eigenvalue weighted by molar-refractivity contribution is 0.430. The van der Waals surface area contributed by atoms with Gasteiger partial charge in [-0.3, -0.25) is 0 Å². The summed E-state index contributed by atoms with van der Waals surface area (Å²) in [5.41, 5.74) is 7.24. The first-order chi connectivity index (χ1) is 7.81. The lowest BCUT2D eigenvalue weighted by Crippen LogP contribution is -2.25. The van der Waals surface area contributed by atoms with Gasteiger partial charge in [0.25, 0.3) is 0 Å². The molecule has 0 spiro atoms. The first-order valence-electron chi connectivity index (χ1n) is 5.84. The van der Waals surface area contributed by atoms with Crippen molar-refractivity contribution in [1.29, 1.82) is 0 Å². The molecular formula is C13H18ClNS. The van der Waals surface area contributed by atoms with Crippen LogP contribution in [0.25, 0.3) is 0 Å². The predicted molar refractivity (Wildman–Crippen MR) is 73.3 cm³/mol. The van der Waals surface area contributed by atoms with Gasteiger partial charge in [0, 0.05) is 5.02 Å². The number of benzene rings is 1. The number of rotatable bonds is 3. The van der Waals surface area contributed by atoms with Crippen molar-refractivity contribution in [2.75, 3.05) is 18.1 Å². The molecule has 1 aromatic rings. The molecule has 0 bridgehead atoms. The van der Waals surface area contributed by atoms with Crippen LogP contribution < -0.4 is 5.73 Å². The van der Waals surface area contributed by atoms with E-state index in [4.69, 9.17) is 17.3 Å². The molecule has 3 heteroatoms. The number of hydrogen-bond acceptors (Lipinski definition) is 2. The summed E-state index contributed by atoms with van der Waals surface area (Å²) >= 11 is 8.10. The van der Waals surface area contributed by atoms with Gasteiger partial charge in [-0.15, -0.1) is 0 Å². The smallest absolute Gasteiger partial charge is 0.0408 e. The number of hydrogen-bond donors (Lipinski definition) is 1. The minimum atomic E-state index is 0.478. The van der Waals surface area contributed by atoms with Gasteiger partial charge >= 0.3 is 0 Å². The van der Waals surface area contributed by atoms with Crippen LogP contribution in [0, 0.1) is 5.92 Å². The molecule has 88 valence electrons. The Bertz CT molecular complexity index is 336. The highest BCUT2D eigenvalue weighted by atomic mass is 35.5. The van der Waals surface area contributed by atoms with Crippen LogP contribution in [-0.4, -0.2) is 18.1 Å². The first-order valence-corrected chi connectivity index (χ1v) is 7.38. The van der Waals surface area contributed by atoms with Crippen LogP contribution in [0.15, 0.2) is 24.3 Å². The normalized spacial score (nSPS) is 23.0. The van der Waals surface area contributed by atoms with E-state index in [1.54, 1.807) is 0 Å². The molecule has 1 heterocycles. The van der Waals surface area contributed by atoms with Crippen molar-refractivity contribution in [2.24, 2.45) is 11.7 Å². The van der Waals surface area contributed by atoms with Gasteiger partial charge in [0.05, 0.1) is 0 Å². The van der Waals surface area contributed by atoms with E-state index in [9.17, 15) is 0 Å². The average molecular weight is 256 g/mol.